The first-order chi connectivity index (χ1) is 22.8. The van der Waals surface area contributed by atoms with E-state index in [1.165, 1.54) is 0 Å². The molecule has 2 bridgehead atoms. The van der Waals surface area contributed by atoms with E-state index in [2.05, 4.69) is 23.5 Å². The summed E-state index contributed by atoms with van der Waals surface area (Å²) in [6.07, 6.45) is 4.52. The van der Waals surface area contributed by atoms with Gasteiger partial charge in [0.05, 0.1) is 36.1 Å². The van der Waals surface area contributed by atoms with Crippen LogP contribution in [-0.2, 0) is 32.3 Å². The van der Waals surface area contributed by atoms with E-state index >= 15 is 0 Å². The van der Waals surface area contributed by atoms with Gasteiger partial charge < -0.3 is 24.5 Å². The van der Waals surface area contributed by atoms with Crippen molar-refractivity contribution < 1.29 is 24.2 Å². The summed E-state index contributed by atoms with van der Waals surface area (Å²) in [5.74, 6) is -2.56. The van der Waals surface area contributed by atoms with Crippen LogP contribution in [0.4, 0.5) is 0 Å². The highest BCUT2D eigenvalue weighted by atomic mass is 16.5. The number of hydrogen-bond donors (Lipinski definition) is 1. The molecule has 7 atom stereocenters. The van der Waals surface area contributed by atoms with E-state index in [1.807, 2.05) is 68.4 Å². The van der Waals surface area contributed by atoms with Crippen LogP contribution in [0.5, 0.6) is 0 Å². The van der Waals surface area contributed by atoms with Crippen molar-refractivity contribution in [3.63, 3.8) is 0 Å². The monoisotopic (exact) mass is 640 g/mol. The summed E-state index contributed by atoms with van der Waals surface area (Å²) < 4.78 is 8.40. The first-order valence-electron chi connectivity index (χ1n) is 16.5. The molecule has 6 rings (SSSR count). The Labute approximate surface area is 275 Å². The van der Waals surface area contributed by atoms with Crippen molar-refractivity contribution in [1.29, 1.82) is 0 Å². The van der Waals surface area contributed by atoms with Crippen LogP contribution in [0.25, 0.3) is 11.0 Å². The molecule has 0 aliphatic carbocycles. The van der Waals surface area contributed by atoms with Gasteiger partial charge in [0, 0.05) is 19.6 Å². The molecule has 11 nitrogen and oxygen atoms in total. The molecule has 248 valence electrons. The van der Waals surface area contributed by atoms with Crippen molar-refractivity contribution in [2.75, 3.05) is 19.7 Å². The van der Waals surface area contributed by atoms with Gasteiger partial charge in [-0.25, -0.2) is 4.68 Å². The van der Waals surface area contributed by atoms with E-state index in [1.54, 1.807) is 31.5 Å². The highest BCUT2D eigenvalue weighted by Gasteiger charge is 2.75. The molecule has 4 heterocycles. The molecule has 1 N–H and O–H groups in total. The summed E-state index contributed by atoms with van der Waals surface area (Å²) in [5, 5.41) is 19.3. The number of aromatic nitrogens is 3. The zero-order chi connectivity index (χ0) is 33.3. The third-order valence-electron chi connectivity index (χ3n) is 10.4. The second-order valence-corrected chi connectivity index (χ2v) is 13.0. The van der Waals surface area contributed by atoms with Crippen molar-refractivity contribution in [3.8, 4) is 0 Å². The largest absolute Gasteiger partial charge is 0.394 e. The van der Waals surface area contributed by atoms with Gasteiger partial charge in [-0.1, -0.05) is 80.1 Å². The molecule has 2 unspecified atom stereocenters. The Morgan fingerprint density at radius 2 is 1.79 bits per heavy atom. The topological polar surface area (TPSA) is 121 Å². The normalized spacial score (nSPS) is 25.9. The van der Waals surface area contributed by atoms with Crippen molar-refractivity contribution in [2.24, 2.45) is 17.8 Å². The van der Waals surface area contributed by atoms with Gasteiger partial charge in [0.1, 0.15) is 23.8 Å². The smallest absolute Gasteiger partial charge is 0.250 e. The number of benzene rings is 2. The van der Waals surface area contributed by atoms with E-state index < -0.39 is 35.6 Å². The van der Waals surface area contributed by atoms with Gasteiger partial charge in [0.25, 0.3) is 0 Å². The maximum atomic E-state index is 14.9. The number of aliphatic hydroxyl groups excluding tert-OH is 1. The average molecular weight is 641 g/mol. The van der Waals surface area contributed by atoms with Crippen LogP contribution in [0.2, 0.25) is 0 Å². The Balaban J connectivity index is 1.39. The van der Waals surface area contributed by atoms with Crippen LogP contribution in [0.3, 0.4) is 0 Å². The standard InChI is InChI=1S/C36H44N6O5/c1-5-19-39(21-25-13-9-8-10-14-25)33(44)30-29-17-18-36(47-29)31(30)34(45)42(28(22-43)24(4)7-3)32(36)35(46)40(20-6-2)23-41-27-16-12-11-15-26(27)37-38-41/h5-6,8-16,24,28-32,43H,1-2,7,17-23H2,3-4H3/t24-,28-,29+,30-,31-,32?,36?/m0/s1. The third-order valence-corrected chi connectivity index (χ3v) is 10.4. The predicted octanol–water partition coefficient (Wildman–Crippen LogP) is 3.40. The molecule has 3 aliphatic heterocycles. The van der Waals surface area contributed by atoms with Crippen LogP contribution in [0, 0.1) is 17.8 Å². The molecule has 0 radical (unpaired) electrons. The fraction of sp³-hybridized carbons (Fsp3) is 0.472. The number of carbonyl (C=O) groups is 3. The van der Waals surface area contributed by atoms with Crippen LogP contribution in [0.15, 0.2) is 79.9 Å². The molecular weight excluding hydrogens is 596 g/mol. The molecule has 1 spiro atoms. The highest BCUT2D eigenvalue weighted by molar-refractivity contribution is 5.99. The van der Waals surface area contributed by atoms with Gasteiger partial charge in [0.15, 0.2) is 0 Å². The molecule has 3 fully saturated rings. The quantitative estimate of drug-likeness (QED) is 0.268. The first kappa shape index (κ1) is 32.6. The minimum Gasteiger partial charge on any atom is -0.394 e. The van der Waals surface area contributed by atoms with Crippen LogP contribution < -0.4 is 0 Å². The van der Waals surface area contributed by atoms with Crippen molar-refractivity contribution in [3.05, 3.63) is 85.5 Å². The van der Waals surface area contributed by atoms with Gasteiger partial charge >= 0.3 is 0 Å². The summed E-state index contributed by atoms with van der Waals surface area (Å²) in [4.78, 5) is 49.0. The number of rotatable bonds is 14. The van der Waals surface area contributed by atoms with Gasteiger partial charge in [-0.3, -0.25) is 14.4 Å². The van der Waals surface area contributed by atoms with Gasteiger partial charge in [-0.05, 0) is 36.5 Å². The number of nitrogens with zero attached hydrogens (tertiary/aromatic N) is 6. The molecule has 0 saturated carbocycles. The Morgan fingerprint density at radius 1 is 1.09 bits per heavy atom. The van der Waals surface area contributed by atoms with E-state index in [9.17, 15) is 19.5 Å². The minimum absolute atomic E-state index is 0.0771. The first-order valence-corrected chi connectivity index (χ1v) is 16.5. The summed E-state index contributed by atoms with van der Waals surface area (Å²) in [6.45, 7) is 12.4. The molecule has 3 aromatic rings. The Kier molecular flexibility index (Phi) is 9.29. The number of ether oxygens (including phenoxy) is 1. The number of fused-ring (bicyclic) bond motifs is 2. The minimum atomic E-state index is -1.21. The van der Waals surface area contributed by atoms with E-state index in [0.29, 0.717) is 37.9 Å². The van der Waals surface area contributed by atoms with Crippen molar-refractivity contribution in [1.82, 2.24) is 29.7 Å². The van der Waals surface area contributed by atoms with Crippen LogP contribution >= 0.6 is 0 Å². The second kappa shape index (κ2) is 13.4. The summed E-state index contributed by atoms with van der Waals surface area (Å²) in [5.41, 5.74) is 1.22. The van der Waals surface area contributed by atoms with E-state index in [0.717, 1.165) is 11.1 Å². The maximum absolute atomic E-state index is 14.9. The predicted molar refractivity (Wildman–Crippen MR) is 176 cm³/mol. The summed E-state index contributed by atoms with van der Waals surface area (Å²) in [7, 11) is 0. The number of likely N-dealkylation sites (tertiary alicyclic amines) is 1. The number of para-hydroxylation sites is 1. The summed E-state index contributed by atoms with van der Waals surface area (Å²) in [6, 6.07) is 15.5. The van der Waals surface area contributed by atoms with Gasteiger partial charge in [-0.15, -0.1) is 18.3 Å². The second-order valence-electron chi connectivity index (χ2n) is 13.0. The molecule has 11 heteroatoms. The fourth-order valence-electron chi connectivity index (χ4n) is 7.96. The molecule has 3 amide bonds. The third kappa shape index (κ3) is 5.55. The Hall–Kier alpha value is -4.35. The van der Waals surface area contributed by atoms with Crippen molar-refractivity contribution in [2.45, 2.75) is 70.1 Å². The zero-order valence-electron chi connectivity index (χ0n) is 27.1. The maximum Gasteiger partial charge on any atom is 0.250 e. The molecule has 47 heavy (non-hydrogen) atoms. The fourth-order valence-corrected chi connectivity index (χ4v) is 7.96. The SMILES string of the molecule is C=CCN(Cn1nnc2ccccc21)C(=O)C1N([C@@H](CO)[C@@H](C)CC)C(=O)[C@@H]2[C@@H](C(=O)N(CC=C)Cc3ccccc3)[C@H]3CCC12O3. The average Bonchev–Trinajstić information content (AvgIpc) is 3.84. The molecule has 3 aliphatic rings. The number of hydrogen-bond acceptors (Lipinski definition) is 7. The lowest BCUT2D eigenvalue weighted by molar-refractivity contribution is -0.154. The molecule has 1 aromatic heterocycles. The lowest BCUT2D eigenvalue weighted by Gasteiger charge is -2.40. The number of aliphatic hydroxyl groups is 1. The van der Waals surface area contributed by atoms with Crippen LogP contribution in [0.1, 0.15) is 38.7 Å². The lowest BCUT2D eigenvalue weighted by Crippen LogP contribution is -2.60. The number of amides is 3. The highest BCUT2D eigenvalue weighted by Crippen LogP contribution is 2.59. The van der Waals surface area contributed by atoms with E-state index in [-0.39, 0.29) is 43.5 Å². The van der Waals surface area contributed by atoms with Gasteiger partial charge in [-0.2, -0.15) is 0 Å². The molecule has 2 aromatic carbocycles. The van der Waals surface area contributed by atoms with Crippen LogP contribution in [-0.4, -0.2) is 96.0 Å². The zero-order valence-corrected chi connectivity index (χ0v) is 27.1. The Morgan fingerprint density at radius 3 is 2.49 bits per heavy atom. The van der Waals surface area contributed by atoms with Crippen molar-refractivity contribution >= 4 is 28.8 Å². The Bertz CT molecular complexity index is 1640. The molecule has 3 saturated heterocycles. The summed E-state index contributed by atoms with van der Waals surface area (Å²) >= 11 is 0. The van der Waals surface area contributed by atoms with E-state index in [4.69, 9.17) is 4.74 Å². The number of carbonyl (C=O) groups excluding carboxylic acids is 3. The van der Waals surface area contributed by atoms with Gasteiger partial charge in [0.2, 0.25) is 17.7 Å². The lowest BCUT2D eigenvalue weighted by atomic mass is 9.70. The molecular formula is C36H44N6O5.